The van der Waals surface area contributed by atoms with E-state index in [4.69, 9.17) is 5.26 Å². The predicted molar refractivity (Wildman–Crippen MR) is 80.7 cm³/mol. The fourth-order valence-electron chi connectivity index (χ4n) is 2.57. The number of benzene rings is 1. The minimum absolute atomic E-state index is 0.0405. The molecule has 0 saturated heterocycles. The maximum absolute atomic E-state index is 12.6. The highest BCUT2D eigenvalue weighted by Crippen LogP contribution is 2.32. The lowest BCUT2D eigenvalue weighted by molar-refractivity contribution is 0.101. The van der Waals surface area contributed by atoms with Crippen LogP contribution in [0.25, 0.3) is 0 Å². The summed E-state index contributed by atoms with van der Waals surface area (Å²) in [6, 6.07) is 6.94. The number of fused-ring (bicyclic) bond motifs is 1. The van der Waals surface area contributed by atoms with E-state index in [0.29, 0.717) is 24.2 Å². The van der Waals surface area contributed by atoms with Crippen molar-refractivity contribution in [2.24, 2.45) is 0 Å². The molecule has 1 aliphatic rings. The van der Waals surface area contributed by atoms with Crippen LogP contribution >= 0.6 is 0 Å². The second-order valence-electron chi connectivity index (χ2n) is 5.15. The quantitative estimate of drug-likeness (QED) is 0.799. The van der Waals surface area contributed by atoms with Crippen LogP contribution in [0.1, 0.15) is 42.6 Å². The molecule has 0 bridgehead atoms. The van der Waals surface area contributed by atoms with Gasteiger partial charge in [0.05, 0.1) is 11.8 Å². The summed E-state index contributed by atoms with van der Waals surface area (Å²) in [5, 5.41) is 8.03. The SMILES string of the molecule is CCC(C#N)S(=O)(=O)N1CCCc2cc(C(C)=O)ccc21. The van der Waals surface area contributed by atoms with Crippen LogP contribution in [0.15, 0.2) is 18.2 Å². The molecule has 1 aliphatic heterocycles. The molecule has 0 aromatic heterocycles. The van der Waals surface area contributed by atoms with Gasteiger partial charge in [-0.1, -0.05) is 6.92 Å². The Morgan fingerprint density at radius 2 is 2.19 bits per heavy atom. The van der Waals surface area contributed by atoms with Crippen LogP contribution in [0.5, 0.6) is 0 Å². The van der Waals surface area contributed by atoms with Crippen molar-refractivity contribution in [3.63, 3.8) is 0 Å². The summed E-state index contributed by atoms with van der Waals surface area (Å²) in [4.78, 5) is 11.4. The Morgan fingerprint density at radius 1 is 1.48 bits per heavy atom. The Balaban J connectivity index is 2.48. The molecule has 2 rings (SSSR count). The lowest BCUT2D eigenvalue weighted by Gasteiger charge is -2.32. The third-order valence-electron chi connectivity index (χ3n) is 3.74. The molecule has 1 aromatic carbocycles. The Kier molecular flexibility index (Phi) is 4.33. The minimum Gasteiger partial charge on any atom is -0.295 e. The third kappa shape index (κ3) is 2.79. The van der Waals surface area contributed by atoms with Crippen molar-refractivity contribution in [3.05, 3.63) is 29.3 Å². The molecule has 0 spiro atoms. The van der Waals surface area contributed by atoms with Crippen molar-refractivity contribution >= 4 is 21.5 Å². The topological polar surface area (TPSA) is 78.2 Å². The highest BCUT2D eigenvalue weighted by atomic mass is 32.2. The number of carbonyl (C=O) groups excluding carboxylic acids is 1. The van der Waals surface area contributed by atoms with E-state index >= 15 is 0 Å². The van der Waals surface area contributed by atoms with Crippen LogP contribution < -0.4 is 4.31 Å². The lowest BCUT2D eigenvalue weighted by Crippen LogP contribution is -2.41. The molecule has 1 heterocycles. The molecule has 21 heavy (non-hydrogen) atoms. The maximum atomic E-state index is 12.6. The number of aryl methyl sites for hydroxylation is 1. The predicted octanol–water partition coefficient (Wildman–Crippen LogP) is 2.27. The molecule has 6 heteroatoms. The van der Waals surface area contributed by atoms with Crippen molar-refractivity contribution < 1.29 is 13.2 Å². The summed E-state index contributed by atoms with van der Waals surface area (Å²) >= 11 is 0. The molecule has 1 atom stereocenters. The van der Waals surface area contributed by atoms with Crippen molar-refractivity contribution in [3.8, 4) is 6.07 Å². The highest BCUT2D eigenvalue weighted by molar-refractivity contribution is 7.93. The van der Waals surface area contributed by atoms with Gasteiger partial charge in [0.25, 0.3) is 10.0 Å². The molecule has 0 saturated carbocycles. The summed E-state index contributed by atoms with van der Waals surface area (Å²) in [6.07, 6.45) is 1.69. The smallest absolute Gasteiger partial charge is 0.251 e. The highest BCUT2D eigenvalue weighted by Gasteiger charge is 2.33. The number of nitriles is 1. The number of nitrogens with zero attached hydrogens (tertiary/aromatic N) is 2. The van der Waals surface area contributed by atoms with Crippen molar-refractivity contribution in [1.82, 2.24) is 0 Å². The second-order valence-corrected chi connectivity index (χ2v) is 7.19. The van der Waals surface area contributed by atoms with Crippen molar-refractivity contribution in [1.29, 1.82) is 5.26 Å². The van der Waals surface area contributed by atoms with E-state index in [1.165, 1.54) is 11.2 Å². The molecular formula is C15H18N2O3S. The monoisotopic (exact) mass is 306 g/mol. The lowest BCUT2D eigenvalue weighted by atomic mass is 9.99. The van der Waals surface area contributed by atoms with E-state index in [0.717, 1.165) is 12.0 Å². The first-order valence-corrected chi connectivity index (χ1v) is 8.47. The molecule has 0 radical (unpaired) electrons. The summed E-state index contributed by atoms with van der Waals surface area (Å²) in [5.74, 6) is -0.0405. The molecule has 5 nitrogen and oxygen atoms in total. The maximum Gasteiger partial charge on any atom is 0.251 e. The van der Waals surface area contributed by atoms with Gasteiger partial charge in [-0.3, -0.25) is 9.10 Å². The molecule has 0 amide bonds. The third-order valence-corrected chi connectivity index (χ3v) is 5.90. The van der Waals surface area contributed by atoms with Gasteiger partial charge in [0.1, 0.15) is 0 Å². The number of Topliss-reactive ketones (excluding diaryl/α,β-unsaturated/α-hetero) is 1. The van der Waals surface area contributed by atoms with Gasteiger partial charge in [0, 0.05) is 12.1 Å². The Hall–Kier alpha value is -1.87. The molecule has 0 N–H and O–H groups in total. The average molecular weight is 306 g/mol. The average Bonchev–Trinajstić information content (AvgIpc) is 2.46. The van der Waals surface area contributed by atoms with Gasteiger partial charge < -0.3 is 0 Å². The Bertz CT molecular complexity index is 704. The van der Waals surface area contributed by atoms with Gasteiger partial charge in [0.2, 0.25) is 0 Å². The standard InChI is InChI=1S/C15H18N2O3S/c1-3-14(10-16)21(19,20)17-8-4-5-13-9-12(11(2)18)6-7-15(13)17/h6-7,9,14H,3-5,8H2,1-2H3. The van der Waals surface area contributed by atoms with Crippen LogP contribution in [0, 0.1) is 11.3 Å². The van der Waals surface area contributed by atoms with Crippen LogP contribution in [-0.4, -0.2) is 26.0 Å². The number of rotatable bonds is 4. The molecular weight excluding hydrogens is 288 g/mol. The number of hydrogen-bond donors (Lipinski definition) is 0. The Morgan fingerprint density at radius 3 is 2.76 bits per heavy atom. The zero-order chi connectivity index (χ0) is 15.6. The van der Waals surface area contributed by atoms with E-state index in [9.17, 15) is 13.2 Å². The largest absolute Gasteiger partial charge is 0.295 e. The first-order chi connectivity index (χ1) is 9.91. The molecule has 0 aliphatic carbocycles. The number of anilines is 1. The van der Waals surface area contributed by atoms with E-state index in [1.54, 1.807) is 25.1 Å². The van der Waals surface area contributed by atoms with Gasteiger partial charge in [-0.15, -0.1) is 0 Å². The normalized spacial score (nSPS) is 16.0. The molecule has 112 valence electrons. The van der Waals surface area contributed by atoms with Crippen LogP contribution in [0.2, 0.25) is 0 Å². The minimum atomic E-state index is -3.68. The van der Waals surface area contributed by atoms with Crippen molar-refractivity contribution in [2.75, 3.05) is 10.8 Å². The first-order valence-electron chi connectivity index (χ1n) is 6.96. The van der Waals surface area contributed by atoms with Gasteiger partial charge in [0.15, 0.2) is 11.0 Å². The van der Waals surface area contributed by atoms with Gasteiger partial charge in [-0.2, -0.15) is 5.26 Å². The molecule has 0 fully saturated rings. The number of hydrogen-bond acceptors (Lipinski definition) is 4. The van der Waals surface area contributed by atoms with Crippen molar-refractivity contribution in [2.45, 2.75) is 38.4 Å². The summed E-state index contributed by atoms with van der Waals surface area (Å²) in [6.45, 7) is 3.56. The number of carbonyl (C=O) groups is 1. The van der Waals surface area contributed by atoms with Crippen LogP contribution in [0.4, 0.5) is 5.69 Å². The summed E-state index contributed by atoms with van der Waals surface area (Å²) in [7, 11) is -3.68. The van der Waals surface area contributed by atoms with E-state index in [2.05, 4.69) is 0 Å². The van der Waals surface area contributed by atoms with Crippen LogP contribution in [0.3, 0.4) is 0 Å². The van der Waals surface area contributed by atoms with E-state index < -0.39 is 15.3 Å². The molecule has 1 aromatic rings. The van der Waals surface area contributed by atoms with Gasteiger partial charge in [-0.05, 0) is 49.9 Å². The second kappa shape index (κ2) is 5.86. The fourth-order valence-corrected chi connectivity index (χ4v) is 4.27. The summed E-state index contributed by atoms with van der Waals surface area (Å²) < 4.78 is 26.5. The summed E-state index contributed by atoms with van der Waals surface area (Å²) in [5.41, 5.74) is 2.03. The number of sulfonamides is 1. The fraction of sp³-hybridized carbons (Fsp3) is 0.467. The van der Waals surface area contributed by atoms with E-state index in [1.807, 2.05) is 6.07 Å². The van der Waals surface area contributed by atoms with Crippen LogP contribution in [-0.2, 0) is 16.4 Å². The zero-order valence-electron chi connectivity index (χ0n) is 12.2. The Labute approximate surface area is 125 Å². The van der Waals surface area contributed by atoms with Gasteiger partial charge in [-0.25, -0.2) is 8.42 Å². The van der Waals surface area contributed by atoms with Gasteiger partial charge >= 0.3 is 0 Å². The zero-order valence-corrected chi connectivity index (χ0v) is 13.0. The number of ketones is 1. The molecule has 1 unspecified atom stereocenters. The first kappa shape index (κ1) is 15.5. The van der Waals surface area contributed by atoms with E-state index in [-0.39, 0.29) is 12.2 Å².